The molecule has 2 rings (SSSR count). The van der Waals surface area contributed by atoms with Crippen LogP contribution in [0.2, 0.25) is 0 Å². The Morgan fingerprint density at radius 3 is 2.12 bits per heavy atom. The summed E-state index contributed by atoms with van der Waals surface area (Å²) in [4.78, 5) is 12.1. The summed E-state index contributed by atoms with van der Waals surface area (Å²) < 4.78 is 32.6. The zero-order valence-electron chi connectivity index (χ0n) is 14.4. The molecule has 0 aliphatic heterocycles. The molecular weight excluding hydrogens is 326 g/mol. The SMILES string of the molecule is Cc1ccc(/C=C/C(=O)NS(=O)(=O)c2c(C)c(C)cc(C)c2C)o1. The lowest BCUT2D eigenvalue weighted by Gasteiger charge is -2.15. The number of sulfonamides is 1. The number of hydrogen-bond donors (Lipinski definition) is 1. The van der Waals surface area contributed by atoms with E-state index in [1.54, 1.807) is 32.9 Å². The third kappa shape index (κ3) is 3.76. The van der Waals surface area contributed by atoms with Gasteiger partial charge in [-0.2, -0.15) is 0 Å². The second kappa shape index (κ2) is 6.65. The van der Waals surface area contributed by atoms with E-state index in [2.05, 4.69) is 4.72 Å². The van der Waals surface area contributed by atoms with Gasteiger partial charge >= 0.3 is 0 Å². The summed E-state index contributed by atoms with van der Waals surface area (Å²) in [5, 5.41) is 0. The van der Waals surface area contributed by atoms with Crippen LogP contribution in [0.4, 0.5) is 0 Å². The molecule has 5 nitrogen and oxygen atoms in total. The molecule has 0 aliphatic rings. The first kappa shape index (κ1) is 18.0. The highest BCUT2D eigenvalue weighted by molar-refractivity contribution is 7.90. The minimum atomic E-state index is -3.95. The van der Waals surface area contributed by atoms with Crippen LogP contribution in [0, 0.1) is 34.6 Å². The van der Waals surface area contributed by atoms with Crippen LogP contribution in [-0.4, -0.2) is 14.3 Å². The third-order valence-corrected chi connectivity index (χ3v) is 5.58. The van der Waals surface area contributed by atoms with Crippen molar-refractivity contribution in [2.24, 2.45) is 0 Å². The largest absolute Gasteiger partial charge is 0.462 e. The zero-order valence-corrected chi connectivity index (χ0v) is 15.2. The minimum absolute atomic E-state index is 0.163. The monoisotopic (exact) mass is 347 g/mol. The third-order valence-electron chi connectivity index (χ3n) is 3.96. The van der Waals surface area contributed by atoms with E-state index in [1.165, 1.54) is 6.08 Å². The maximum atomic E-state index is 12.6. The Balaban J connectivity index is 2.29. The number of amides is 1. The van der Waals surface area contributed by atoms with Crippen molar-refractivity contribution in [3.63, 3.8) is 0 Å². The maximum Gasteiger partial charge on any atom is 0.264 e. The number of benzene rings is 1. The normalized spacial score (nSPS) is 11.9. The van der Waals surface area contributed by atoms with E-state index in [9.17, 15) is 13.2 Å². The van der Waals surface area contributed by atoms with Gasteiger partial charge in [-0.3, -0.25) is 4.79 Å². The van der Waals surface area contributed by atoms with E-state index in [0.717, 1.165) is 17.2 Å². The highest BCUT2D eigenvalue weighted by Gasteiger charge is 2.23. The van der Waals surface area contributed by atoms with Gasteiger partial charge in [0.05, 0.1) is 4.90 Å². The average molecular weight is 347 g/mol. The average Bonchev–Trinajstić information content (AvgIpc) is 2.88. The highest BCUT2D eigenvalue weighted by atomic mass is 32.2. The Morgan fingerprint density at radius 1 is 1.04 bits per heavy atom. The maximum absolute atomic E-state index is 12.6. The second-order valence-corrected chi connectivity index (χ2v) is 7.46. The Morgan fingerprint density at radius 2 is 1.62 bits per heavy atom. The summed E-state index contributed by atoms with van der Waals surface area (Å²) in [5.74, 6) is 0.477. The second-order valence-electron chi connectivity index (χ2n) is 5.84. The van der Waals surface area contributed by atoms with Crippen LogP contribution in [0.3, 0.4) is 0 Å². The summed E-state index contributed by atoms with van der Waals surface area (Å²) in [6.45, 7) is 8.96. The molecule has 0 fully saturated rings. The summed E-state index contributed by atoms with van der Waals surface area (Å²) in [7, 11) is -3.95. The van der Waals surface area contributed by atoms with Crippen LogP contribution in [0.1, 0.15) is 33.8 Å². The molecule has 0 saturated carbocycles. The van der Waals surface area contributed by atoms with Gasteiger partial charge in [-0.15, -0.1) is 0 Å². The van der Waals surface area contributed by atoms with Crippen molar-refractivity contribution in [3.8, 4) is 0 Å². The van der Waals surface area contributed by atoms with Gasteiger partial charge < -0.3 is 4.42 Å². The summed E-state index contributed by atoms with van der Waals surface area (Å²) >= 11 is 0. The molecule has 0 radical (unpaired) electrons. The van der Waals surface area contributed by atoms with Gasteiger partial charge in [0.15, 0.2) is 0 Å². The number of hydrogen-bond acceptors (Lipinski definition) is 4. The standard InChI is InChI=1S/C18H21NO4S/c1-11-10-12(2)15(5)18(14(11)4)24(21,22)19-17(20)9-8-16-7-6-13(3)23-16/h6-10H,1-5H3,(H,19,20)/b9-8+. The van der Waals surface area contributed by atoms with Crippen LogP contribution < -0.4 is 4.72 Å². The first-order chi connectivity index (χ1) is 11.1. The first-order valence-corrected chi connectivity index (χ1v) is 8.99. The van der Waals surface area contributed by atoms with E-state index in [0.29, 0.717) is 22.6 Å². The summed E-state index contributed by atoms with van der Waals surface area (Å²) in [6.07, 6.45) is 2.57. The fraction of sp³-hybridized carbons (Fsp3) is 0.278. The topological polar surface area (TPSA) is 76.4 Å². The first-order valence-electron chi connectivity index (χ1n) is 7.50. The van der Waals surface area contributed by atoms with E-state index in [1.807, 2.05) is 19.9 Å². The Kier molecular flexibility index (Phi) is 4.99. The van der Waals surface area contributed by atoms with E-state index in [-0.39, 0.29) is 4.90 Å². The molecule has 6 heteroatoms. The Bertz CT molecular complexity index is 894. The lowest BCUT2D eigenvalue weighted by Crippen LogP contribution is -2.30. The van der Waals surface area contributed by atoms with Crippen LogP contribution in [0.15, 0.2) is 33.6 Å². The van der Waals surface area contributed by atoms with Crippen LogP contribution >= 0.6 is 0 Å². The Hall–Kier alpha value is -2.34. The van der Waals surface area contributed by atoms with Crippen molar-refractivity contribution in [1.82, 2.24) is 4.72 Å². The molecule has 24 heavy (non-hydrogen) atoms. The molecule has 1 aromatic carbocycles. The number of carbonyl (C=O) groups excluding carboxylic acids is 1. The van der Waals surface area contributed by atoms with Gasteiger partial charge in [0.2, 0.25) is 0 Å². The van der Waals surface area contributed by atoms with E-state index < -0.39 is 15.9 Å². The molecule has 0 bridgehead atoms. The van der Waals surface area contributed by atoms with Crippen molar-refractivity contribution >= 4 is 22.0 Å². The molecule has 0 unspecified atom stereocenters. The fourth-order valence-electron chi connectivity index (χ4n) is 2.50. The van der Waals surface area contributed by atoms with E-state index >= 15 is 0 Å². The van der Waals surface area contributed by atoms with Crippen molar-refractivity contribution in [3.05, 3.63) is 58.0 Å². The summed E-state index contributed by atoms with van der Waals surface area (Å²) in [6, 6.07) is 5.40. The number of aryl methyl sites for hydroxylation is 3. The van der Waals surface area contributed by atoms with Gasteiger partial charge in [0, 0.05) is 6.08 Å². The molecule has 1 amide bonds. The molecule has 128 valence electrons. The van der Waals surface area contributed by atoms with Crippen LogP contribution in [-0.2, 0) is 14.8 Å². The molecule has 0 atom stereocenters. The van der Waals surface area contributed by atoms with Crippen molar-refractivity contribution < 1.29 is 17.6 Å². The van der Waals surface area contributed by atoms with Crippen molar-refractivity contribution in [1.29, 1.82) is 0 Å². The van der Waals surface area contributed by atoms with E-state index in [4.69, 9.17) is 4.42 Å². The van der Waals surface area contributed by atoms with Gasteiger partial charge in [0.1, 0.15) is 11.5 Å². The van der Waals surface area contributed by atoms with Gasteiger partial charge in [-0.1, -0.05) is 6.07 Å². The molecule has 0 aliphatic carbocycles. The highest BCUT2D eigenvalue weighted by Crippen LogP contribution is 2.25. The molecule has 1 heterocycles. The predicted octanol–water partition coefficient (Wildman–Crippen LogP) is 3.34. The Labute approximate surface area is 142 Å². The number of rotatable bonds is 4. The lowest BCUT2D eigenvalue weighted by molar-refractivity contribution is -0.114. The lowest BCUT2D eigenvalue weighted by atomic mass is 10.0. The number of nitrogens with one attached hydrogen (secondary N) is 1. The van der Waals surface area contributed by atoms with Crippen LogP contribution in [0.25, 0.3) is 6.08 Å². The summed E-state index contributed by atoms with van der Waals surface area (Å²) in [5.41, 5.74) is 3.02. The zero-order chi connectivity index (χ0) is 18.1. The minimum Gasteiger partial charge on any atom is -0.462 e. The smallest absolute Gasteiger partial charge is 0.264 e. The van der Waals surface area contributed by atoms with Gasteiger partial charge in [-0.25, -0.2) is 13.1 Å². The number of furan rings is 1. The fourth-order valence-corrected chi connectivity index (χ4v) is 4.07. The van der Waals surface area contributed by atoms with Gasteiger partial charge in [0.25, 0.3) is 15.9 Å². The van der Waals surface area contributed by atoms with Gasteiger partial charge in [-0.05, 0) is 75.1 Å². The van der Waals surface area contributed by atoms with Crippen molar-refractivity contribution in [2.45, 2.75) is 39.5 Å². The molecule has 1 N–H and O–H groups in total. The quantitative estimate of drug-likeness (QED) is 0.861. The molecule has 0 saturated heterocycles. The van der Waals surface area contributed by atoms with Crippen molar-refractivity contribution in [2.75, 3.05) is 0 Å². The molecule has 1 aromatic heterocycles. The molecule has 0 spiro atoms. The number of carbonyl (C=O) groups is 1. The van der Waals surface area contributed by atoms with Crippen LogP contribution in [0.5, 0.6) is 0 Å². The molecule has 2 aromatic rings. The predicted molar refractivity (Wildman–Crippen MR) is 93.2 cm³/mol. The molecular formula is C18H21NO4S.